The Morgan fingerprint density at radius 3 is 2.71 bits per heavy atom. The Hall–Kier alpha value is -0.710. The van der Waals surface area contributed by atoms with E-state index < -0.39 is 0 Å². The van der Waals surface area contributed by atoms with Crippen LogP contribution in [0.25, 0.3) is 10.6 Å². The van der Waals surface area contributed by atoms with E-state index in [1.54, 1.807) is 0 Å². The number of aromatic nitrogens is 1. The number of thiazole rings is 1. The first-order valence-corrected chi connectivity index (χ1v) is 9.12. The summed E-state index contributed by atoms with van der Waals surface area (Å²) in [7, 11) is 2.03. The van der Waals surface area contributed by atoms with Crippen LogP contribution in [0.15, 0.2) is 16.6 Å². The van der Waals surface area contributed by atoms with Crippen LogP contribution in [0.2, 0.25) is 0 Å². The Morgan fingerprint density at radius 2 is 2.05 bits per heavy atom. The summed E-state index contributed by atoms with van der Waals surface area (Å²) in [4.78, 5) is 6.49. The van der Waals surface area contributed by atoms with Gasteiger partial charge in [-0.25, -0.2) is 4.98 Å². The fraction of sp³-hybridized carbons (Fsp3) is 0.471. The smallest absolute Gasteiger partial charge is 0.123 e. The van der Waals surface area contributed by atoms with Gasteiger partial charge in [-0.05, 0) is 63.4 Å². The maximum atomic E-state index is 5.00. The molecular weight excluding hydrogens is 344 g/mol. The number of aryl methyl sites for hydroxylation is 3. The molecule has 1 heterocycles. The van der Waals surface area contributed by atoms with Gasteiger partial charge in [-0.15, -0.1) is 11.3 Å². The monoisotopic (exact) mass is 364 g/mol. The first-order valence-electron chi connectivity index (χ1n) is 7.51. The van der Waals surface area contributed by atoms with E-state index in [-0.39, 0.29) is 0 Å². The minimum Gasteiger partial charge on any atom is -0.319 e. The van der Waals surface area contributed by atoms with Crippen molar-refractivity contribution in [2.75, 3.05) is 13.6 Å². The predicted molar refractivity (Wildman–Crippen MR) is 94.3 cm³/mol. The molecule has 0 saturated heterocycles. The van der Waals surface area contributed by atoms with Gasteiger partial charge in [-0.1, -0.05) is 15.9 Å². The first kappa shape index (κ1) is 15.2. The van der Waals surface area contributed by atoms with Gasteiger partial charge in [-0.3, -0.25) is 0 Å². The van der Waals surface area contributed by atoms with Gasteiger partial charge in [0.2, 0.25) is 0 Å². The zero-order valence-electron chi connectivity index (χ0n) is 12.8. The summed E-state index contributed by atoms with van der Waals surface area (Å²) in [5.41, 5.74) is 5.17. The highest BCUT2D eigenvalue weighted by Gasteiger charge is 2.24. The third-order valence-corrected chi connectivity index (χ3v) is 6.64. The van der Waals surface area contributed by atoms with E-state index in [2.05, 4.69) is 47.2 Å². The number of hydrogen-bond donors (Lipinski definition) is 1. The van der Waals surface area contributed by atoms with Gasteiger partial charge < -0.3 is 5.32 Å². The van der Waals surface area contributed by atoms with E-state index in [0.29, 0.717) is 5.92 Å². The van der Waals surface area contributed by atoms with Crippen LogP contribution in [-0.2, 0) is 6.42 Å². The van der Waals surface area contributed by atoms with Crippen molar-refractivity contribution < 1.29 is 0 Å². The number of fused-ring (bicyclic) bond motifs is 1. The van der Waals surface area contributed by atoms with E-state index in [1.807, 2.05) is 18.4 Å². The highest BCUT2D eigenvalue weighted by Crippen LogP contribution is 2.39. The number of likely N-dealkylation sites (N-methyl/N-ethyl adjacent to an activating group) is 1. The van der Waals surface area contributed by atoms with Gasteiger partial charge in [0.15, 0.2) is 0 Å². The lowest BCUT2D eigenvalue weighted by Crippen LogP contribution is -2.20. The lowest BCUT2D eigenvalue weighted by atomic mass is 9.91. The topological polar surface area (TPSA) is 24.9 Å². The Bertz CT molecular complexity index is 640. The molecule has 0 aliphatic heterocycles. The van der Waals surface area contributed by atoms with Crippen molar-refractivity contribution >= 4 is 27.3 Å². The molecule has 1 aromatic carbocycles. The van der Waals surface area contributed by atoms with E-state index in [0.717, 1.165) is 6.54 Å². The summed E-state index contributed by atoms with van der Waals surface area (Å²) in [6.45, 7) is 5.34. The minimum absolute atomic E-state index is 0.585. The van der Waals surface area contributed by atoms with Crippen LogP contribution in [0.1, 0.15) is 40.5 Å². The summed E-state index contributed by atoms with van der Waals surface area (Å²) in [5.74, 6) is 0.585. The van der Waals surface area contributed by atoms with E-state index >= 15 is 0 Å². The van der Waals surface area contributed by atoms with Crippen LogP contribution in [0, 0.1) is 13.8 Å². The molecule has 0 saturated carbocycles. The summed E-state index contributed by atoms with van der Waals surface area (Å²) >= 11 is 5.53. The molecule has 0 fully saturated rings. The molecule has 1 aliphatic carbocycles. The van der Waals surface area contributed by atoms with Crippen molar-refractivity contribution in [1.82, 2.24) is 10.3 Å². The maximum Gasteiger partial charge on any atom is 0.123 e. The molecule has 4 heteroatoms. The van der Waals surface area contributed by atoms with E-state index in [9.17, 15) is 0 Å². The van der Waals surface area contributed by atoms with Crippen molar-refractivity contribution in [3.8, 4) is 10.6 Å². The van der Waals surface area contributed by atoms with Gasteiger partial charge in [0.05, 0.1) is 5.69 Å². The SMILES string of the molecule is CNCC1CCCc2sc(-c3cc(C)c(Br)c(C)c3)nc21. The van der Waals surface area contributed by atoms with Crippen molar-refractivity contribution in [1.29, 1.82) is 0 Å². The minimum atomic E-state index is 0.585. The standard InChI is InChI=1S/C17H21BrN2S/c1-10-7-13(8-11(2)15(10)18)17-20-16-12(9-19-3)5-4-6-14(16)21-17/h7-8,12,19H,4-6,9H2,1-3H3. The van der Waals surface area contributed by atoms with Crippen molar-refractivity contribution in [3.63, 3.8) is 0 Å². The second-order valence-corrected chi connectivity index (χ2v) is 7.77. The average Bonchev–Trinajstić information content (AvgIpc) is 2.89. The second-order valence-electron chi connectivity index (χ2n) is 5.90. The summed E-state index contributed by atoms with van der Waals surface area (Å²) in [5, 5.41) is 4.49. The summed E-state index contributed by atoms with van der Waals surface area (Å²) in [6.07, 6.45) is 3.75. The highest BCUT2D eigenvalue weighted by molar-refractivity contribution is 9.10. The average molecular weight is 365 g/mol. The number of nitrogens with zero attached hydrogens (tertiary/aromatic N) is 1. The molecule has 1 unspecified atom stereocenters. The molecule has 0 bridgehead atoms. The Balaban J connectivity index is 2.01. The number of nitrogens with one attached hydrogen (secondary N) is 1. The second kappa shape index (κ2) is 6.19. The third-order valence-electron chi connectivity index (χ3n) is 4.20. The Labute approximate surface area is 139 Å². The summed E-state index contributed by atoms with van der Waals surface area (Å²) in [6, 6.07) is 4.49. The normalized spacial score (nSPS) is 17.8. The van der Waals surface area contributed by atoms with Crippen LogP contribution in [0.5, 0.6) is 0 Å². The zero-order chi connectivity index (χ0) is 15.0. The first-order chi connectivity index (χ1) is 10.1. The molecule has 2 aromatic rings. The van der Waals surface area contributed by atoms with Crippen LogP contribution in [-0.4, -0.2) is 18.6 Å². The molecule has 2 nitrogen and oxygen atoms in total. The van der Waals surface area contributed by atoms with Crippen molar-refractivity contribution in [2.24, 2.45) is 0 Å². The molecule has 1 N–H and O–H groups in total. The lowest BCUT2D eigenvalue weighted by molar-refractivity contribution is 0.523. The largest absolute Gasteiger partial charge is 0.319 e. The van der Waals surface area contributed by atoms with Crippen LogP contribution in [0.4, 0.5) is 0 Å². The number of rotatable bonds is 3. The fourth-order valence-electron chi connectivity index (χ4n) is 3.15. The molecule has 3 rings (SSSR count). The van der Waals surface area contributed by atoms with Crippen LogP contribution >= 0.6 is 27.3 Å². The highest BCUT2D eigenvalue weighted by atomic mass is 79.9. The van der Waals surface area contributed by atoms with Gasteiger partial charge >= 0.3 is 0 Å². The molecule has 0 spiro atoms. The van der Waals surface area contributed by atoms with Gasteiger partial charge in [0, 0.05) is 27.4 Å². The van der Waals surface area contributed by atoms with Crippen molar-refractivity contribution in [2.45, 2.75) is 39.0 Å². The molecule has 1 aromatic heterocycles. The molecule has 0 amide bonds. The van der Waals surface area contributed by atoms with Crippen molar-refractivity contribution in [3.05, 3.63) is 38.3 Å². The number of halogens is 1. The van der Waals surface area contributed by atoms with Gasteiger partial charge in [0.1, 0.15) is 5.01 Å². The number of hydrogen-bond acceptors (Lipinski definition) is 3. The van der Waals surface area contributed by atoms with E-state index in [4.69, 9.17) is 4.98 Å². The quantitative estimate of drug-likeness (QED) is 0.843. The molecular formula is C17H21BrN2S. The number of benzene rings is 1. The van der Waals surface area contributed by atoms with Crippen LogP contribution < -0.4 is 5.32 Å². The van der Waals surface area contributed by atoms with E-state index in [1.165, 1.54) is 56.0 Å². The molecule has 112 valence electrons. The predicted octanol–water partition coefficient (Wildman–Crippen LogP) is 4.83. The fourth-order valence-corrected chi connectivity index (χ4v) is 4.55. The Morgan fingerprint density at radius 1 is 1.33 bits per heavy atom. The third kappa shape index (κ3) is 2.94. The lowest BCUT2D eigenvalue weighted by Gasteiger charge is -2.20. The zero-order valence-corrected chi connectivity index (χ0v) is 15.2. The van der Waals surface area contributed by atoms with Gasteiger partial charge in [0.25, 0.3) is 0 Å². The summed E-state index contributed by atoms with van der Waals surface area (Å²) < 4.78 is 1.21. The Kier molecular flexibility index (Phi) is 4.48. The molecule has 0 radical (unpaired) electrons. The maximum absolute atomic E-state index is 5.00. The molecule has 1 aliphatic rings. The van der Waals surface area contributed by atoms with Crippen LogP contribution in [0.3, 0.4) is 0 Å². The van der Waals surface area contributed by atoms with Gasteiger partial charge in [-0.2, -0.15) is 0 Å². The molecule has 1 atom stereocenters. The molecule has 21 heavy (non-hydrogen) atoms.